The predicted octanol–water partition coefficient (Wildman–Crippen LogP) is 0.963. The van der Waals surface area contributed by atoms with Gasteiger partial charge in [-0.15, -0.1) is 0 Å². The summed E-state index contributed by atoms with van der Waals surface area (Å²) in [6, 6.07) is 0.243. The number of morpholine rings is 1. The molecule has 2 saturated heterocycles. The van der Waals surface area contributed by atoms with E-state index in [1.54, 1.807) is 0 Å². The molecule has 1 spiro atoms. The lowest BCUT2D eigenvalue weighted by molar-refractivity contribution is -0.0988. The molecule has 2 fully saturated rings. The second-order valence-electron chi connectivity index (χ2n) is 4.06. The van der Waals surface area contributed by atoms with Gasteiger partial charge >= 0.3 is 0 Å². The first kappa shape index (κ1) is 9.72. The Bertz CT molecular complexity index is 322. The van der Waals surface area contributed by atoms with Crippen LogP contribution in [-0.4, -0.2) is 36.3 Å². The van der Waals surface area contributed by atoms with Gasteiger partial charge in [0.15, 0.2) is 0 Å². The third-order valence-electron chi connectivity index (χ3n) is 3.17. The number of nitrogens with zero attached hydrogens (tertiary/aromatic N) is 1. The molecule has 2 aliphatic heterocycles. The van der Waals surface area contributed by atoms with E-state index in [1.807, 2.05) is 6.20 Å². The molecule has 2 unspecified atom stereocenters. The first-order valence-electron chi connectivity index (χ1n) is 5.25. The molecule has 0 saturated carbocycles. The summed E-state index contributed by atoms with van der Waals surface area (Å²) in [6.45, 7) is 3.18. The molecular weight excluding hydrogens is 212 g/mol. The van der Waals surface area contributed by atoms with Crippen LogP contribution in [0.5, 0.6) is 0 Å². The lowest BCUT2D eigenvalue weighted by Crippen LogP contribution is -2.52. The molecule has 2 aliphatic rings. The van der Waals surface area contributed by atoms with Gasteiger partial charge < -0.3 is 14.8 Å². The van der Waals surface area contributed by atoms with Crippen molar-refractivity contribution in [2.45, 2.75) is 18.1 Å². The second kappa shape index (κ2) is 3.83. The Morgan fingerprint density at radius 2 is 2.53 bits per heavy atom. The van der Waals surface area contributed by atoms with Gasteiger partial charge in [-0.2, -0.15) is 0 Å². The fourth-order valence-electron chi connectivity index (χ4n) is 2.41. The van der Waals surface area contributed by atoms with Crippen molar-refractivity contribution in [2.24, 2.45) is 0 Å². The smallest absolute Gasteiger partial charge is 0.113 e. The molecule has 0 aliphatic carbocycles. The van der Waals surface area contributed by atoms with Crippen LogP contribution in [0.3, 0.4) is 0 Å². The number of hydrogen-bond acceptors (Lipinski definition) is 5. The first-order chi connectivity index (χ1) is 7.41. The van der Waals surface area contributed by atoms with Crippen molar-refractivity contribution in [1.29, 1.82) is 0 Å². The maximum absolute atomic E-state index is 5.95. The minimum absolute atomic E-state index is 0.152. The monoisotopic (exact) mass is 226 g/mol. The highest BCUT2D eigenvalue weighted by Crippen LogP contribution is 2.38. The van der Waals surface area contributed by atoms with E-state index in [4.69, 9.17) is 9.47 Å². The molecule has 0 aromatic carbocycles. The van der Waals surface area contributed by atoms with E-state index in [0.29, 0.717) is 6.61 Å². The van der Waals surface area contributed by atoms with Gasteiger partial charge in [0.1, 0.15) is 5.60 Å². The van der Waals surface area contributed by atoms with Gasteiger partial charge in [-0.25, -0.2) is 4.37 Å². The lowest BCUT2D eigenvalue weighted by Gasteiger charge is -2.40. The van der Waals surface area contributed by atoms with Crippen LogP contribution in [0, 0.1) is 0 Å². The van der Waals surface area contributed by atoms with Gasteiger partial charge in [0.2, 0.25) is 0 Å². The maximum atomic E-state index is 5.95. The Hall–Kier alpha value is -0.490. The van der Waals surface area contributed by atoms with Gasteiger partial charge in [-0.3, -0.25) is 0 Å². The van der Waals surface area contributed by atoms with Gasteiger partial charge in [0, 0.05) is 36.7 Å². The number of aromatic nitrogens is 1. The minimum atomic E-state index is -0.152. The summed E-state index contributed by atoms with van der Waals surface area (Å²) < 4.78 is 15.6. The van der Waals surface area contributed by atoms with Gasteiger partial charge in [-0.05, 0) is 11.5 Å². The summed E-state index contributed by atoms with van der Waals surface area (Å²) in [7, 11) is 0. The van der Waals surface area contributed by atoms with Crippen LogP contribution >= 0.6 is 11.5 Å². The summed E-state index contributed by atoms with van der Waals surface area (Å²) >= 11 is 1.49. The van der Waals surface area contributed by atoms with Crippen molar-refractivity contribution in [2.75, 3.05) is 26.4 Å². The highest BCUT2D eigenvalue weighted by atomic mass is 32.1. The first-order valence-corrected chi connectivity index (χ1v) is 6.09. The van der Waals surface area contributed by atoms with E-state index in [-0.39, 0.29) is 11.6 Å². The molecule has 4 nitrogen and oxygen atoms in total. The van der Waals surface area contributed by atoms with Crippen molar-refractivity contribution in [3.05, 3.63) is 17.1 Å². The molecule has 5 heteroatoms. The zero-order chi connectivity index (χ0) is 10.1. The van der Waals surface area contributed by atoms with Crippen LogP contribution in [0.15, 0.2) is 11.6 Å². The fourth-order valence-corrected chi connectivity index (χ4v) is 2.97. The molecule has 3 heterocycles. The number of rotatable bonds is 1. The number of hydrogen-bond donors (Lipinski definition) is 1. The van der Waals surface area contributed by atoms with Gasteiger partial charge in [0.05, 0.1) is 19.3 Å². The van der Waals surface area contributed by atoms with E-state index in [2.05, 4.69) is 15.1 Å². The normalized spacial score (nSPS) is 36.1. The predicted molar refractivity (Wildman–Crippen MR) is 57.0 cm³/mol. The van der Waals surface area contributed by atoms with Crippen LogP contribution in [-0.2, 0) is 9.47 Å². The number of nitrogens with one attached hydrogen (secondary N) is 1. The van der Waals surface area contributed by atoms with Crippen LogP contribution in [0.4, 0.5) is 0 Å². The van der Waals surface area contributed by atoms with Gasteiger partial charge in [0.25, 0.3) is 0 Å². The Kier molecular flexibility index (Phi) is 2.48. The molecule has 82 valence electrons. The van der Waals surface area contributed by atoms with Crippen LogP contribution in [0.2, 0.25) is 0 Å². The van der Waals surface area contributed by atoms with Crippen LogP contribution < -0.4 is 5.32 Å². The molecule has 15 heavy (non-hydrogen) atoms. The number of ether oxygens (including phenoxy) is 2. The van der Waals surface area contributed by atoms with E-state index in [0.717, 1.165) is 26.2 Å². The van der Waals surface area contributed by atoms with E-state index < -0.39 is 0 Å². The summed E-state index contributed by atoms with van der Waals surface area (Å²) in [5.74, 6) is 0. The van der Waals surface area contributed by atoms with Crippen molar-refractivity contribution in [3.63, 3.8) is 0 Å². The molecule has 3 rings (SSSR count). The largest absolute Gasteiger partial charge is 0.378 e. The molecule has 0 bridgehead atoms. The SMILES string of the molecule is c1nscc1C1NCCOC12CCOC2. The third kappa shape index (κ3) is 1.59. The van der Waals surface area contributed by atoms with Crippen molar-refractivity contribution in [1.82, 2.24) is 9.69 Å². The zero-order valence-corrected chi connectivity index (χ0v) is 9.26. The molecule has 0 amide bonds. The fraction of sp³-hybridized carbons (Fsp3) is 0.700. The zero-order valence-electron chi connectivity index (χ0n) is 8.44. The summed E-state index contributed by atoms with van der Waals surface area (Å²) in [5.41, 5.74) is 1.08. The van der Waals surface area contributed by atoms with Crippen LogP contribution in [0.1, 0.15) is 18.0 Å². The second-order valence-corrected chi connectivity index (χ2v) is 4.72. The highest BCUT2D eigenvalue weighted by molar-refractivity contribution is 7.03. The summed E-state index contributed by atoms with van der Waals surface area (Å²) in [4.78, 5) is 0. The Labute approximate surface area is 92.8 Å². The quantitative estimate of drug-likeness (QED) is 0.774. The molecule has 1 N–H and O–H groups in total. The topological polar surface area (TPSA) is 43.4 Å². The average Bonchev–Trinajstić information content (AvgIpc) is 2.90. The Morgan fingerprint density at radius 1 is 1.53 bits per heavy atom. The molecule has 1 aromatic heterocycles. The Morgan fingerprint density at radius 3 is 3.27 bits per heavy atom. The molecule has 0 radical (unpaired) electrons. The van der Waals surface area contributed by atoms with Crippen LogP contribution in [0.25, 0.3) is 0 Å². The minimum Gasteiger partial charge on any atom is -0.378 e. The molecule has 2 atom stereocenters. The average molecular weight is 226 g/mol. The maximum Gasteiger partial charge on any atom is 0.113 e. The standard InChI is InChI=1S/C10H14N2O2S/c1-3-13-7-10(1)9(11-2-4-14-10)8-5-12-15-6-8/h5-6,9,11H,1-4,7H2. The Balaban J connectivity index is 1.90. The summed E-state index contributed by atoms with van der Waals surface area (Å²) in [6.07, 6.45) is 2.90. The van der Waals surface area contributed by atoms with Gasteiger partial charge in [-0.1, -0.05) is 0 Å². The van der Waals surface area contributed by atoms with E-state index in [1.165, 1.54) is 17.1 Å². The van der Waals surface area contributed by atoms with Crippen molar-refractivity contribution >= 4 is 11.5 Å². The van der Waals surface area contributed by atoms with Crippen molar-refractivity contribution < 1.29 is 9.47 Å². The summed E-state index contributed by atoms with van der Waals surface area (Å²) in [5, 5.41) is 5.61. The van der Waals surface area contributed by atoms with E-state index >= 15 is 0 Å². The third-order valence-corrected chi connectivity index (χ3v) is 3.77. The molecular formula is C10H14N2O2S. The van der Waals surface area contributed by atoms with Crippen molar-refractivity contribution in [3.8, 4) is 0 Å². The highest BCUT2D eigenvalue weighted by Gasteiger charge is 2.46. The van der Waals surface area contributed by atoms with E-state index in [9.17, 15) is 0 Å². The lowest BCUT2D eigenvalue weighted by atomic mass is 9.88. The molecule has 1 aromatic rings.